The van der Waals surface area contributed by atoms with Crippen LogP contribution in [0.4, 0.5) is 5.69 Å². The first-order valence-electron chi connectivity index (χ1n) is 6.71. The summed E-state index contributed by atoms with van der Waals surface area (Å²) >= 11 is 6.08. The van der Waals surface area contributed by atoms with Gasteiger partial charge in [0, 0.05) is 17.8 Å². The van der Waals surface area contributed by atoms with E-state index in [0.717, 1.165) is 12.2 Å². The van der Waals surface area contributed by atoms with Crippen LogP contribution in [0.3, 0.4) is 0 Å². The van der Waals surface area contributed by atoms with Gasteiger partial charge >= 0.3 is 0 Å². The Balaban J connectivity index is 2.19. The molecule has 0 amide bonds. The molecule has 104 valence electrons. The normalized spacial score (nSPS) is 10.3. The molecule has 0 atom stereocenters. The van der Waals surface area contributed by atoms with Crippen molar-refractivity contribution in [1.29, 1.82) is 0 Å². The Morgan fingerprint density at radius 3 is 2.55 bits per heavy atom. The Morgan fingerprint density at radius 2 is 1.90 bits per heavy atom. The Morgan fingerprint density at radius 1 is 1.15 bits per heavy atom. The molecule has 0 aliphatic rings. The van der Waals surface area contributed by atoms with E-state index < -0.39 is 0 Å². The second-order valence-electron chi connectivity index (χ2n) is 4.76. The van der Waals surface area contributed by atoms with Crippen molar-refractivity contribution in [2.75, 3.05) is 18.0 Å². The van der Waals surface area contributed by atoms with Crippen molar-refractivity contribution in [3.8, 4) is 0 Å². The van der Waals surface area contributed by atoms with Gasteiger partial charge in [-0.2, -0.15) is 0 Å². The molecule has 0 unspecified atom stereocenters. The zero-order chi connectivity index (χ0) is 14.5. The molecule has 0 spiro atoms. The first kappa shape index (κ1) is 14.6. The molecule has 0 bridgehead atoms. The van der Waals surface area contributed by atoms with E-state index in [2.05, 4.69) is 11.0 Å². The molecular formula is C17H18ClNO. The molecule has 2 aromatic rings. The van der Waals surface area contributed by atoms with E-state index in [0.29, 0.717) is 17.1 Å². The number of halogens is 1. The summed E-state index contributed by atoms with van der Waals surface area (Å²) < 4.78 is 0. The highest BCUT2D eigenvalue weighted by Crippen LogP contribution is 2.19. The van der Waals surface area contributed by atoms with E-state index in [-0.39, 0.29) is 5.78 Å². The molecule has 2 rings (SSSR count). The number of carbonyl (C=O) groups is 1. The molecule has 0 aliphatic heterocycles. The van der Waals surface area contributed by atoms with E-state index in [1.54, 1.807) is 12.1 Å². The maximum Gasteiger partial charge on any atom is 0.183 e. The number of hydrogen-bond acceptors (Lipinski definition) is 2. The Bertz CT molecular complexity index is 609. The summed E-state index contributed by atoms with van der Waals surface area (Å²) in [7, 11) is 0. The third-order valence-corrected chi connectivity index (χ3v) is 3.59. The van der Waals surface area contributed by atoms with Crippen molar-refractivity contribution in [3.05, 3.63) is 64.7 Å². The van der Waals surface area contributed by atoms with Crippen LogP contribution < -0.4 is 4.90 Å². The standard InChI is InChI=1S/C17H18ClNO/c1-3-19(14-8-6-7-13(2)11-14)12-17(20)15-9-4-5-10-16(15)18/h4-11H,3,12H2,1-2H3. The number of benzene rings is 2. The van der Waals surface area contributed by atoms with E-state index in [1.165, 1.54) is 5.56 Å². The molecule has 0 heterocycles. The van der Waals surface area contributed by atoms with Crippen molar-refractivity contribution in [2.24, 2.45) is 0 Å². The Labute approximate surface area is 125 Å². The minimum atomic E-state index is 0.0407. The summed E-state index contributed by atoms with van der Waals surface area (Å²) in [5.41, 5.74) is 2.83. The van der Waals surface area contributed by atoms with Crippen LogP contribution in [0.5, 0.6) is 0 Å². The lowest BCUT2D eigenvalue weighted by atomic mass is 10.1. The van der Waals surface area contributed by atoms with Gasteiger partial charge in [-0.1, -0.05) is 35.9 Å². The number of anilines is 1. The number of likely N-dealkylation sites (N-methyl/N-ethyl adjacent to an activating group) is 1. The second-order valence-corrected chi connectivity index (χ2v) is 5.16. The van der Waals surface area contributed by atoms with Crippen LogP contribution in [0.25, 0.3) is 0 Å². The zero-order valence-corrected chi connectivity index (χ0v) is 12.5. The highest BCUT2D eigenvalue weighted by atomic mass is 35.5. The predicted octanol–water partition coefficient (Wildman–Crippen LogP) is 4.36. The average molecular weight is 288 g/mol. The van der Waals surface area contributed by atoms with Gasteiger partial charge in [-0.05, 0) is 43.7 Å². The van der Waals surface area contributed by atoms with Crippen molar-refractivity contribution in [1.82, 2.24) is 0 Å². The quantitative estimate of drug-likeness (QED) is 0.762. The predicted molar refractivity (Wildman–Crippen MR) is 84.8 cm³/mol. The third kappa shape index (κ3) is 3.40. The molecule has 20 heavy (non-hydrogen) atoms. The van der Waals surface area contributed by atoms with Crippen LogP contribution in [0.1, 0.15) is 22.8 Å². The third-order valence-electron chi connectivity index (χ3n) is 3.26. The van der Waals surface area contributed by atoms with E-state index in [9.17, 15) is 4.79 Å². The number of nitrogens with zero attached hydrogens (tertiary/aromatic N) is 1. The van der Waals surface area contributed by atoms with Gasteiger partial charge in [0.25, 0.3) is 0 Å². The van der Waals surface area contributed by atoms with Crippen molar-refractivity contribution in [2.45, 2.75) is 13.8 Å². The Kier molecular flexibility index (Phi) is 4.80. The van der Waals surface area contributed by atoms with Gasteiger partial charge in [-0.3, -0.25) is 4.79 Å². The number of aryl methyl sites for hydroxylation is 1. The van der Waals surface area contributed by atoms with Crippen LogP contribution in [-0.2, 0) is 0 Å². The summed E-state index contributed by atoms with van der Waals surface area (Å²) in [6.07, 6.45) is 0. The number of rotatable bonds is 5. The van der Waals surface area contributed by atoms with Crippen molar-refractivity contribution < 1.29 is 4.79 Å². The van der Waals surface area contributed by atoms with Gasteiger partial charge in [-0.25, -0.2) is 0 Å². The topological polar surface area (TPSA) is 20.3 Å². The fourth-order valence-corrected chi connectivity index (χ4v) is 2.40. The second kappa shape index (κ2) is 6.58. The fraction of sp³-hybridized carbons (Fsp3) is 0.235. The Hall–Kier alpha value is -1.80. The molecule has 0 aromatic heterocycles. The summed E-state index contributed by atoms with van der Waals surface area (Å²) in [6, 6.07) is 15.4. The SMILES string of the molecule is CCN(CC(=O)c1ccccc1Cl)c1cccc(C)c1. The lowest BCUT2D eigenvalue weighted by molar-refractivity contribution is 0.0999. The summed E-state index contributed by atoms with van der Waals surface area (Å²) in [4.78, 5) is 14.4. The zero-order valence-electron chi connectivity index (χ0n) is 11.8. The molecule has 0 fully saturated rings. The summed E-state index contributed by atoms with van der Waals surface area (Å²) in [6.45, 7) is 5.21. The highest BCUT2D eigenvalue weighted by Gasteiger charge is 2.14. The van der Waals surface area contributed by atoms with E-state index in [4.69, 9.17) is 11.6 Å². The minimum Gasteiger partial charge on any atom is -0.364 e. The van der Waals surface area contributed by atoms with Gasteiger partial charge in [0.05, 0.1) is 11.6 Å². The smallest absolute Gasteiger partial charge is 0.183 e. The van der Waals surface area contributed by atoms with E-state index >= 15 is 0 Å². The van der Waals surface area contributed by atoms with Crippen molar-refractivity contribution in [3.63, 3.8) is 0 Å². The van der Waals surface area contributed by atoms with Crippen LogP contribution in [0.15, 0.2) is 48.5 Å². The molecule has 0 saturated carbocycles. The maximum atomic E-state index is 12.4. The minimum absolute atomic E-state index is 0.0407. The van der Waals surface area contributed by atoms with Crippen molar-refractivity contribution >= 4 is 23.1 Å². The first-order chi connectivity index (χ1) is 9.61. The fourth-order valence-electron chi connectivity index (χ4n) is 2.16. The lowest BCUT2D eigenvalue weighted by Gasteiger charge is -2.23. The average Bonchev–Trinajstić information content (AvgIpc) is 2.45. The number of hydrogen-bond donors (Lipinski definition) is 0. The van der Waals surface area contributed by atoms with Crippen LogP contribution >= 0.6 is 11.6 Å². The van der Waals surface area contributed by atoms with Gasteiger partial charge in [-0.15, -0.1) is 0 Å². The molecule has 3 heteroatoms. The molecule has 2 nitrogen and oxygen atoms in total. The monoisotopic (exact) mass is 287 g/mol. The molecule has 0 N–H and O–H groups in total. The largest absolute Gasteiger partial charge is 0.364 e. The summed E-state index contributed by atoms with van der Waals surface area (Å²) in [5, 5.41) is 0.512. The van der Waals surface area contributed by atoms with Gasteiger partial charge in [0.1, 0.15) is 0 Å². The molecular weight excluding hydrogens is 270 g/mol. The molecule has 0 saturated heterocycles. The van der Waals surface area contributed by atoms with Gasteiger partial charge in [0.15, 0.2) is 5.78 Å². The number of ketones is 1. The highest BCUT2D eigenvalue weighted by molar-refractivity contribution is 6.34. The molecule has 2 aromatic carbocycles. The van der Waals surface area contributed by atoms with Crippen LogP contribution in [0.2, 0.25) is 5.02 Å². The number of Topliss-reactive ketones (excluding diaryl/α,β-unsaturated/α-hetero) is 1. The van der Waals surface area contributed by atoms with Crippen LogP contribution in [0, 0.1) is 6.92 Å². The van der Waals surface area contributed by atoms with Gasteiger partial charge in [0.2, 0.25) is 0 Å². The lowest BCUT2D eigenvalue weighted by Crippen LogP contribution is -2.29. The summed E-state index contributed by atoms with van der Waals surface area (Å²) in [5.74, 6) is 0.0407. The molecule has 0 aliphatic carbocycles. The maximum absolute atomic E-state index is 12.4. The molecule has 0 radical (unpaired) electrons. The first-order valence-corrected chi connectivity index (χ1v) is 7.09. The number of carbonyl (C=O) groups excluding carboxylic acids is 1. The van der Waals surface area contributed by atoms with Crippen LogP contribution in [-0.4, -0.2) is 18.9 Å². The van der Waals surface area contributed by atoms with Gasteiger partial charge < -0.3 is 4.90 Å². The van der Waals surface area contributed by atoms with E-state index in [1.807, 2.05) is 44.2 Å².